The molecule has 12 aromatic heterocycles. The van der Waals surface area contributed by atoms with Crippen molar-refractivity contribution < 1.29 is 60.3 Å². The molecule has 0 aliphatic heterocycles. The monoisotopic (exact) mass is 2330 g/mol. The van der Waals surface area contributed by atoms with Gasteiger partial charge in [0.25, 0.3) is 0 Å². The Morgan fingerprint density at radius 3 is 0.800 bits per heavy atom. The van der Waals surface area contributed by atoms with Crippen molar-refractivity contribution >= 4 is 94.5 Å². The van der Waals surface area contributed by atoms with Crippen molar-refractivity contribution in [2.75, 3.05) is 0 Å². The molecule has 24 aromatic rings. The fourth-order valence-electron chi connectivity index (χ4n) is 13.8. The van der Waals surface area contributed by atoms with Gasteiger partial charge in [-0.05, 0) is 174 Å². The third-order valence-electron chi connectivity index (χ3n) is 20.4. The second-order valence-corrected chi connectivity index (χ2v) is 33.0. The molecule has 0 radical (unpaired) electrons. The Kier molecular flexibility index (Phi) is 37.5. The van der Waals surface area contributed by atoms with E-state index in [2.05, 4.69) is 260 Å². The zero-order valence-electron chi connectivity index (χ0n) is 73.6. The van der Waals surface area contributed by atoms with Gasteiger partial charge >= 0.3 is 60.3 Å². The summed E-state index contributed by atoms with van der Waals surface area (Å²) in [5.74, 6) is 0. The Balaban J connectivity index is 0.000000130. The van der Waals surface area contributed by atoms with Gasteiger partial charge in [-0.2, -0.15) is 34.0 Å². The van der Waals surface area contributed by atoms with E-state index in [0.717, 1.165) is 101 Å². The molecule has 654 valence electrons. The summed E-state index contributed by atoms with van der Waals surface area (Å²) in [4.78, 5) is 38.8. The topological polar surface area (TPSA) is 116 Å². The zero-order valence-corrected chi connectivity index (χ0v) is 83.2. The van der Waals surface area contributed by atoms with Crippen molar-refractivity contribution in [2.45, 2.75) is 20.8 Å². The molecule has 0 saturated heterocycles. The van der Waals surface area contributed by atoms with Crippen molar-refractivity contribution in [3.63, 3.8) is 0 Å². The molecule has 12 aromatic carbocycles. The molecule has 12 heterocycles. The van der Waals surface area contributed by atoms with Gasteiger partial charge in [-0.3, -0.25) is 0 Å². The molecule has 0 unspecified atom stereocenters. The predicted octanol–water partition coefficient (Wildman–Crippen LogP) is 31.0. The van der Waals surface area contributed by atoms with E-state index >= 15 is 0 Å². The second-order valence-electron chi connectivity index (χ2n) is 29.7. The summed E-state index contributed by atoms with van der Waals surface area (Å²) in [6.07, 6.45) is 16.4. The fourth-order valence-corrected chi connectivity index (χ4v) is 17.2. The van der Waals surface area contributed by atoms with Gasteiger partial charge in [0.2, 0.25) is 0 Å². The summed E-state index contributed by atoms with van der Waals surface area (Å²) in [7, 11) is 0. The summed E-state index contributed by atoms with van der Waals surface area (Å²) in [6, 6.07) is 162. The van der Waals surface area contributed by atoms with E-state index in [9.17, 15) is 0 Å². The van der Waals surface area contributed by atoms with E-state index in [-0.39, 0.29) is 60.3 Å². The minimum absolute atomic E-state index is 0. The van der Waals surface area contributed by atoms with Crippen molar-refractivity contribution in [1.82, 2.24) is 44.9 Å². The molecule has 135 heavy (non-hydrogen) atoms. The average molecular weight is 2320 g/mol. The predicted molar refractivity (Wildman–Crippen MR) is 549 cm³/mol. The largest absolute Gasteiger partial charge is 3.00 e. The Bertz CT molecular complexity index is 6770. The Morgan fingerprint density at radius 2 is 0.474 bits per heavy atom. The first-order chi connectivity index (χ1) is 65.2. The van der Waals surface area contributed by atoms with Crippen LogP contribution in [0.5, 0.6) is 0 Å². The van der Waals surface area contributed by atoms with Gasteiger partial charge < -0.3 is 44.9 Å². The van der Waals surface area contributed by atoms with E-state index in [1.54, 1.807) is 37.2 Å². The molecule has 15 heteroatoms. The van der Waals surface area contributed by atoms with Gasteiger partial charge in [0.05, 0.1) is 0 Å². The van der Waals surface area contributed by atoms with Gasteiger partial charge in [-0.25, -0.2) is 0 Å². The standard InChI is InChI=1S/3C18H12NS.6C11H8N.3Ir/c1-12-9-10-16(19-11-12)15-7-4-6-14-13-5-2-3-8-17(13)20-18(14)15;1-12-6-9-16(19-11-12)13-7-8-15-14-4-2-3-5-17(14)20-18(15)10-13;1-12-6-8-16(19-11-12)13-7-9-18-15(10-13)14-4-2-3-5-17(14)20-18;6*1-2-6-10(7-3-1)11-8-4-5-9-12-11;;;/h3*2-6,8-11H,1H3;6*1-6,8-9H;;;/q9*-1;3*+3. The third kappa shape index (κ3) is 27.6. The molecular formula is C120H84Ir3N9S3. The zero-order chi connectivity index (χ0) is 89.9. The number of pyridine rings is 9. The fraction of sp³-hybridized carbons (Fsp3) is 0.0250. The summed E-state index contributed by atoms with van der Waals surface area (Å²) in [5, 5.41) is 7.81. The second kappa shape index (κ2) is 51.6. The third-order valence-corrected chi connectivity index (χ3v) is 23.9. The summed E-state index contributed by atoms with van der Waals surface area (Å²) >= 11 is 5.46. The first kappa shape index (κ1) is 98.1. The smallest absolute Gasteiger partial charge is 0.305 e. The molecule has 0 spiro atoms. The first-order valence-corrected chi connectivity index (χ1v) is 45.3. The number of hydrogen-bond donors (Lipinski definition) is 0. The van der Waals surface area contributed by atoms with E-state index in [1.165, 1.54) is 77.2 Å². The van der Waals surface area contributed by atoms with E-state index in [0.29, 0.717) is 0 Å². The van der Waals surface area contributed by atoms with E-state index in [1.807, 2.05) is 313 Å². The van der Waals surface area contributed by atoms with Crippen molar-refractivity contribution in [1.29, 1.82) is 0 Å². The minimum Gasteiger partial charge on any atom is -0.305 e. The molecule has 0 N–H and O–H groups in total. The maximum absolute atomic E-state index is 4.54. The van der Waals surface area contributed by atoms with Crippen LogP contribution in [-0.4, -0.2) is 44.9 Å². The number of aryl methyl sites for hydroxylation is 3. The van der Waals surface area contributed by atoms with Crippen LogP contribution < -0.4 is 0 Å². The Labute approximate surface area is 841 Å². The molecule has 24 rings (SSSR count). The van der Waals surface area contributed by atoms with E-state index in [4.69, 9.17) is 0 Å². The van der Waals surface area contributed by atoms with Crippen LogP contribution in [-0.2, 0) is 60.3 Å². The SMILES string of the molecule is Cc1ccc(-c2[c-]cc3c(c2)sc2ccccc23)nc1.Cc1ccc(-c2[c-]cc3sc4ccccc4c3c2)nc1.Cc1ccc(-c2[c-]ccc3c2sc2ccccc23)nc1.[Ir+3].[Ir+3].[Ir+3].[c-]1ccccc1-c1ccccn1.[c-]1ccccc1-c1ccccn1.[c-]1ccccc1-c1ccccn1.[c-]1ccccc1-c1ccccn1.[c-]1ccccc1-c1ccccn1.[c-]1ccccc1-c1ccccn1. The number of benzene rings is 12. The molecule has 0 aliphatic carbocycles. The Hall–Kier alpha value is -14.4. The maximum Gasteiger partial charge on any atom is 3.00 e. The molecule has 9 nitrogen and oxygen atoms in total. The van der Waals surface area contributed by atoms with Crippen LogP contribution in [0.4, 0.5) is 0 Å². The molecule has 0 bridgehead atoms. The van der Waals surface area contributed by atoms with Crippen molar-refractivity contribution in [3.05, 3.63) is 527 Å². The number of hydrogen-bond acceptors (Lipinski definition) is 12. The van der Waals surface area contributed by atoms with Crippen LogP contribution >= 0.6 is 34.0 Å². The maximum atomic E-state index is 4.54. The van der Waals surface area contributed by atoms with Crippen LogP contribution in [0, 0.1) is 75.4 Å². The van der Waals surface area contributed by atoms with Crippen molar-refractivity contribution in [3.8, 4) is 101 Å². The summed E-state index contributed by atoms with van der Waals surface area (Å²) < 4.78 is 7.81. The first-order valence-electron chi connectivity index (χ1n) is 42.8. The van der Waals surface area contributed by atoms with Crippen LogP contribution in [0.2, 0.25) is 0 Å². The molecule has 0 saturated carbocycles. The van der Waals surface area contributed by atoms with Crippen LogP contribution in [0.25, 0.3) is 162 Å². The molecule has 0 atom stereocenters. The van der Waals surface area contributed by atoms with E-state index < -0.39 is 0 Å². The van der Waals surface area contributed by atoms with Gasteiger partial charge in [-0.1, -0.05) is 180 Å². The number of thiophene rings is 3. The van der Waals surface area contributed by atoms with Crippen LogP contribution in [0.3, 0.4) is 0 Å². The molecule has 0 fully saturated rings. The van der Waals surface area contributed by atoms with Gasteiger partial charge in [-0.15, -0.1) is 287 Å². The minimum atomic E-state index is 0. The molecule has 0 aliphatic rings. The van der Waals surface area contributed by atoms with Crippen LogP contribution in [0.1, 0.15) is 16.7 Å². The van der Waals surface area contributed by atoms with Crippen molar-refractivity contribution in [2.24, 2.45) is 0 Å². The van der Waals surface area contributed by atoms with Gasteiger partial charge in [0, 0.05) is 69.9 Å². The van der Waals surface area contributed by atoms with Gasteiger partial charge in [0.1, 0.15) is 0 Å². The normalized spacial score (nSPS) is 10.2. The van der Waals surface area contributed by atoms with Gasteiger partial charge in [0.15, 0.2) is 0 Å². The summed E-state index contributed by atoms with van der Waals surface area (Å²) in [5.41, 5.74) is 21.8. The number of aromatic nitrogens is 9. The average Bonchev–Trinajstić information content (AvgIpc) is 1.63. The number of nitrogens with zero attached hydrogens (tertiary/aromatic N) is 9. The quantitative estimate of drug-likeness (QED) is 0.130. The molecular weight excluding hydrogens is 2240 g/mol. The number of rotatable bonds is 9. The van der Waals surface area contributed by atoms with Crippen LogP contribution in [0.15, 0.2) is 456 Å². The number of fused-ring (bicyclic) bond motifs is 9. The Morgan fingerprint density at radius 1 is 0.185 bits per heavy atom. The summed E-state index contributed by atoms with van der Waals surface area (Å²) in [6.45, 7) is 6.16. The molecule has 0 amide bonds.